The van der Waals surface area contributed by atoms with Crippen LogP contribution in [0.4, 0.5) is 0 Å². The van der Waals surface area contributed by atoms with Crippen LogP contribution in [0, 0.1) is 6.92 Å². The highest BCUT2D eigenvalue weighted by atomic mass is 32.1. The fourth-order valence-electron chi connectivity index (χ4n) is 4.07. The fourth-order valence-corrected chi connectivity index (χ4v) is 5.83. The van der Waals surface area contributed by atoms with Crippen molar-refractivity contribution in [3.05, 3.63) is 84.6 Å². The highest BCUT2D eigenvalue weighted by Crippen LogP contribution is 2.39. The van der Waals surface area contributed by atoms with E-state index >= 15 is 0 Å². The summed E-state index contributed by atoms with van der Waals surface area (Å²) < 4.78 is 1.31. The number of aryl methyl sites for hydroxylation is 1. The molecule has 146 valence electrons. The number of hydrogen-bond acceptors (Lipinski definition) is 5. The van der Waals surface area contributed by atoms with E-state index in [0.29, 0.717) is 11.9 Å². The Bertz CT molecular complexity index is 1260. The Kier molecular flexibility index (Phi) is 4.56. The molecule has 5 rings (SSSR count). The van der Waals surface area contributed by atoms with E-state index in [1.165, 1.54) is 15.1 Å². The first-order valence-electron chi connectivity index (χ1n) is 9.49. The van der Waals surface area contributed by atoms with Crippen molar-refractivity contribution in [2.24, 2.45) is 0 Å². The summed E-state index contributed by atoms with van der Waals surface area (Å²) in [6, 6.07) is 13.5. The van der Waals surface area contributed by atoms with E-state index in [0.717, 1.165) is 22.4 Å². The largest absolute Gasteiger partial charge is 0.329 e. The van der Waals surface area contributed by atoms with E-state index in [1.54, 1.807) is 28.7 Å². The third kappa shape index (κ3) is 3.10. The van der Waals surface area contributed by atoms with Gasteiger partial charge >= 0.3 is 0 Å². The van der Waals surface area contributed by atoms with Crippen LogP contribution >= 0.6 is 22.7 Å². The van der Waals surface area contributed by atoms with Gasteiger partial charge in [-0.2, -0.15) is 5.10 Å². The average Bonchev–Trinajstić information content (AvgIpc) is 3.43. The molecule has 0 bridgehead atoms. The lowest BCUT2D eigenvalue weighted by atomic mass is 9.98. The molecule has 1 amide bonds. The topological polar surface area (TPSA) is 55.2 Å². The maximum atomic E-state index is 13.3. The molecule has 0 spiro atoms. The standard InChI is InChI=1S/C22H19N3O2S2/c1-14-15-5-2-3-6-16(15)22(27)25(23-14)13-20(26)24-10-8-18-17(9-12-29-18)21(24)19-7-4-11-28-19/h2-7,9,11-12,21H,8,10,13H2,1H3. The summed E-state index contributed by atoms with van der Waals surface area (Å²) in [4.78, 5) is 30.6. The smallest absolute Gasteiger partial charge is 0.275 e. The molecule has 0 saturated carbocycles. The Morgan fingerprint density at radius 3 is 2.72 bits per heavy atom. The second-order valence-electron chi connectivity index (χ2n) is 7.15. The zero-order valence-corrected chi connectivity index (χ0v) is 17.5. The first-order chi connectivity index (χ1) is 14.1. The molecule has 29 heavy (non-hydrogen) atoms. The minimum atomic E-state index is -0.222. The molecule has 3 aromatic heterocycles. The number of benzene rings is 1. The number of thiophene rings is 2. The maximum absolute atomic E-state index is 13.3. The molecule has 0 aliphatic carbocycles. The number of hydrogen-bond donors (Lipinski definition) is 0. The van der Waals surface area contributed by atoms with Crippen LogP contribution in [-0.2, 0) is 17.8 Å². The van der Waals surface area contributed by atoms with Crippen molar-refractivity contribution in [1.29, 1.82) is 0 Å². The van der Waals surface area contributed by atoms with Crippen LogP contribution in [0.25, 0.3) is 10.8 Å². The van der Waals surface area contributed by atoms with Gasteiger partial charge in [-0.1, -0.05) is 24.3 Å². The number of amides is 1. The summed E-state index contributed by atoms with van der Waals surface area (Å²) in [6.07, 6.45) is 0.847. The zero-order chi connectivity index (χ0) is 20.0. The van der Waals surface area contributed by atoms with Gasteiger partial charge in [0.1, 0.15) is 6.54 Å². The van der Waals surface area contributed by atoms with Crippen molar-refractivity contribution in [1.82, 2.24) is 14.7 Å². The third-order valence-electron chi connectivity index (χ3n) is 5.44. The maximum Gasteiger partial charge on any atom is 0.275 e. The summed E-state index contributed by atoms with van der Waals surface area (Å²) in [6.45, 7) is 2.47. The lowest BCUT2D eigenvalue weighted by Gasteiger charge is -2.35. The van der Waals surface area contributed by atoms with E-state index in [1.807, 2.05) is 41.5 Å². The van der Waals surface area contributed by atoms with Gasteiger partial charge in [0.2, 0.25) is 5.91 Å². The Morgan fingerprint density at radius 1 is 1.10 bits per heavy atom. The minimum Gasteiger partial charge on any atom is -0.329 e. The molecule has 1 aliphatic heterocycles. The number of nitrogens with zero attached hydrogens (tertiary/aromatic N) is 3. The van der Waals surface area contributed by atoms with Gasteiger partial charge in [0.25, 0.3) is 5.56 Å². The predicted molar refractivity (Wildman–Crippen MR) is 117 cm³/mol. The number of carbonyl (C=O) groups is 1. The monoisotopic (exact) mass is 421 g/mol. The second-order valence-corrected chi connectivity index (χ2v) is 9.13. The van der Waals surface area contributed by atoms with E-state index in [4.69, 9.17) is 0 Å². The molecular weight excluding hydrogens is 402 g/mol. The summed E-state index contributed by atoms with van der Waals surface area (Å²) in [5.41, 5.74) is 1.73. The summed E-state index contributed by atoms with van der Waals surface area (Å²) in [7, 11) is 0. The van der Waals surface area contributed by atoms with Gasteiger partial charge < -0.3 is 4.90 Å². The molecule has 0 N–H and O–H groups in total. The molecule has 4 aromatic rings. The zero-order valence-electron chi connectivity index (χ0n) is 15.9. The van der Waals surface area contributed by atoms with Crippen LogP contribution in [0.15, 0.2) is 58.0 Å². The number of aromatic nitrogens is 2. The molecule has 1 aliphatic rings. The Hall–Kier alpha value is -2.77. The molecule has 0 fully saturated rings. The summed E-state index contributed by atoms with van der Waals surface area (Å²) in [5, 5.41) is 9.98. The van der Waals surface area contributed by atoms with Crippen molar-refractivity contribution in [3.8, 4) is 0 Å². The number of carbonyl (C=O) groups excluding carboxylic acids is 1. The molecule has 1 unspecified atom stereocenters. The first-order valence-corrected chi connectivity index (χ1v) is 11.2. The van der Waals surface area contributed by atoms with Gasteiger partial charge in [-0.05, 0) is 47.9 Å². The highest BCUT2D eigenvalue weighted by molar-refractivity contribution is 7.10. The molecule has 5 nitrogen and oxygen atoms in total. The van der Waals surface area contributed by atoms with Crippen LogP contribution in [0.5, 0.6) is 0 Å². The van der Waals surface area contributed by atoms with Gasteiger partial charge in [0.05, 0.1) is 17.1 Å². The quantitative estimate of drug-likeness (QED) is 0.502. The third-order valence-corrected chi connectivity index (χ3v) is 7.36. The van der Waals surface area contributed by atoms with Crippen LogP contribution < -0.4 is 5.56 Å². The van der Waals surface area contributed by atoms with E-state index in [-0.39, 0.29) is 24.1 Å². The fraction of sp³-hybridized carbons (Fsp3) is 0.227. The Balaban J connectivity index is 1.52. The van der Waals surface area contributed by atoms with Gasteiger partial charge in [-0.25, -0.2) is 4.68 Å². The van der Waals surface area contributed by atoms with Crippen LogP contribution in [0.1, 0.15) is 27.1 Å². The van der Waals surface area contributed by atoms with E-state index in [2.05, 4.69) is 22.6 Å². The minimum absolute atomic E-state index is 0.0497. The Labute approximate surface area is 175 Å². The summed E-state index contributed by atoms with van der Waals surface area (Å²) >= 11 is 3.41. The lowest BCUT2D eigenvalue weighted by Crippen LogP contribution is -2.43. The number of fused-ring (bicyclic) bond motifs is 2. The molecule has 7 heteroatoms. The average molecular weight is 422 g/mol. The molecular formula is C22H19N3O2S2. The molecule has 0 saturated heterocycles. The van der Waals surface area contributed by atoms with Crippen molar-refractivity contribution in [2.45, 2.75) is 25.9 Å². The molecule has 1 aromatic carbocycles. The molecule has 1 atom stereocenters. The van der Waals surface area contributed by atoms with Crippen molar-refractivity contribution in [3.63, 3.8) is 0 Å². The van der Waals surface area contributed by atoms with Crippen LogP contribution in [-0.4, -0.2) is 27.1 Å². The predicted octanol–water partition coefficient (Wildman–Crippen LogP) is 4.00. The van der Waals surface area contributed by atoms with Crippen molar-refractivity contribution < 1.29 is 4.79 Å². The van der Waals surface area contributed by atoms with Crippen LogP contribution in [0.3, 0.4) is 0 Å². The van der Waals surface area contributed by atoms with Crippen LogP contribution in [0.2, 0.25) is 0 Å². The van der Waals surface area contributed by atoms with E-state index in [9.17, 15) is 9.59 Å². The van der Waals surface area contributed by atoms with Gasteiger partial charge in [-0.3, -0.25) is 9.59 Å². The highest BCUT2D eigenvalue weighted by Gasteiger charge is 2.33. The SMILES string of the molecule is Cc1nn(CC(=O)N2CCc3sccc3C2c2cccs2)c(=O)c2ccccc12. The Morgan fingerprint density at radius 2 is 1.93 bits per heavy atom. The summed E-state index contributed by atoms with van der Waals surface area (Å²) in [5.74, 6) is -0.0791. The van der Waals surface area contributed by atoms with Gasteiger partial charge in [-0.15, -0.1) is 22.7 Å². The molecule has 4 heterocycles. The lowest BCUT2D eigenvalue weighted by molar-refractivity contribution is -0.134. The second kappa shape index (κ2) is 7.24. The van der Waals surface area contributed by atoms with Crippen molar-refractivity contribution in [2.75, 3.05) is 6.54 Å². The normalized spacial score (nSPS) is 16.2. The first kappa shape index (κ1) is 18.3. The molecule has 0 radical (unpaired) electrons. The van der Waals surface area contributed by atoms with Gasteiger partial charge in [0.15, 0.2) is 0 Å². The number of rotatable bonds is 3. The van der Waals surface area contributed by atoms with Gasteiger partial charge in [0, 0.05) is 21.7 Å². The van der Waals surface area contributed by atoms with Crippen molar-refractivity contribution >= 4 is 39.4 Å². The van der Waals surface area contributed by atoms with E-state index < -0.39 is 0 Å².